The Bertz CT molecular complexity index is 654. The van der Waals surface area contributed by atoms with E-state index < -0.39 is 11.6 Å². The van der Waals surface area contributed by atoms with E-state index in [1.165, 1.54) is 6.07 Å². The average molecular weight is 272 g/mol. The van der Waals surface area contributed by atoms with Crippen LogP contribution in [-0.2, 0) is 11.3 Å². The van der Waals surface area contributed by atoms with Gasteiger partial charge in [0.15, 0.2) is 0 Å². The van der Waals surface area contributed by atoms with Crippen LogP contribution >= 0.6 is 0 Å². The van der Waals surface area contributed by atoms with Gasteiger partial charge in [-0.15, -0.1) is 0 Å². The fraction of sp³-hybridized carbons (Fsp3) is 0.250. The highest BCUT2D eigenvalue weighted by Gasteiger charge is 2.16. The lowest BCUT2D eigenvalue weighted by Gasteiger charge is -2.08. The first-order chi connectivity index (χ1) is 9.47. The van der Waals surface area contributed by atoms with Gasteiger partial charge in [-0.3, -0.25) is 0 Å². The molecule has 1 aromatic carbocycles. The Morgan fingerprint density at radius 1 is 1.15 bits per heavy atom. The van der Waals surface area contributed by atoms with Crippen LogP contribution in [0.25, 0.3) is 0 Å². The first-order valence-electron chi connectivity index (χ1n) is 6.31. The van der Waals surface area contributed by atoms with E-state index in [0.29, 0.717) is 11.1 Å². The van der Waals surface area contributed by atoms with Crippen LogP contribution in [-0.4, -0.2) is 5.97 Å². The van der Waals surface area contributed by atoms with E-state index >= 15 is 0 Å². The minimum absolute atomic E-state index is 0.192. The molecule has 4 heteroatoms. The van der Waals surface area contributed by atoms with Crippen molar-refractivity contribution < 1.29 is 13.9 Å². The predicted molar refractivity (Wildman–Crippen MR) is 74.8 cm³/mol. The number of carbonyl (C=O) groups excluding carboxylic acids is 1. The number of hydrogen-bond acceptors (Lipinski definition) is 4. The second kappa shape index (κ2) is 5.74. The quantitative estimate of drug-likeness (QED) is 0.806. The van der Waals surface area contributed by atoms with E-state index in [4.69, 9.17) is 9.15 Å². The molecule has 104 valence electrons. The Kier molecular flexibility index (Phi) is 4.03. The molecule has 0 N–H and O–H groups in total. The van der Waals surface area contributed by atoms with Crippen LogP contribution in [0.1, 0.15) is 32.8 Å². The maximum Gasteiger partial charge on any atom is 0.342 e. The summed E-state index contributed by atoms with van der Waals surface area (Å²) in [4.78, 5) is 23.2. The Labute approximate surface area is 117 Å². The SMILES string of the molecule is Cc1ccc(COC(=O)c2c(C)cc(=O)oc2C)cc1. The highest BCUT2D eigenvalue weighted by Crippen LogP contribution is 2.14. The van der Waals surface area contributed by atoms with Gasteiger partial charge in [0.25, 0.3) is 0 Å². The fourth-order valence-electron chi connectivity index (χ4n) is 1.97. The van der Waals surface area contributed by atoms with E-state index in [1.54, 1.807) is 13.8 Å². The van der Waals surface area contributed by atoms with Crippen molar-refractivity contribution in [2.24, 2.45) is 0 Å². The van der Waals surface area contributed by atoms with Gasteiger partial charge in [-0.1, -0.05) is 29.8 Å². The number of esters is 1. The molecule has 0 saturated heterocycles. The molecule has 0 aliphatic rings. The molecular weight excluding hydrogens is 256 g/mol. The molecule has 1 aromatic heterocycles. The van der Waals surface area contributed by atoms with Gasteiger partial charge in [-0.2, -0.15) is 0 Å². The Hall–Kier alpha value is -2.36. The van der Waals surface area contributed by atoms with Crippen LogP contribution in [0, 0.1) is 20.8 Å². The molecule has 0 radical (unpaired) electrons. The largest absolute Gasteiger partial charge is 0.457 e. The number of benzene rings is 1. The van der Waals surface area contributed by atoms with Gasteiger partial charge in [-0.05, 0) is 31.9 Å². The van der Waals surface area contributed by atoms with Gasteiger partial charge in [0.05, 0.1) is 0 Å². The summed E-state index contributed by atoms with van der Waals surface area (Å²) in [6, 6.07) is 9.03. The molecule has 0 aliphatic carbocycles. The van der Waals surface area contributed by atoms with Crippen molar-refractivity contribution in [1.82, 2.24) is 0 Å². The van der Waals surface area contributed by atoms with Gasteiger partial charge in [-0.25, -0.2) is 9.59 Å². The minimum atomic E-state index is -0.482. The summed E-state index contributed by atoms with van der Waals surface area (Å²) < 4.78 is 10.2. The summed E-state index contributed by atoms with van der Waals surface area (Å²) in [5, 5.41) is 0. The molecule has 4 nitrogen and oxygen atoms in total. The minimum Gasteiger partial charge on any atom is -0.457 e. The monoisotopic (exact) mass is 272 g/mol. The average Bonchev–Trinajstić information content (AvgIpc) is 2.37. The maximum absolute atomic E-state index is 12.1. The van der Waals surface area contributed by atoms with Crippen LogP contribution in [0.3, 0.4) is 0 Å². The van der Waals surface area contributed by atoms with Crippen LogP contribution in [0.4, 0.5) is 0 Å². The van der Waals surface area contributed by atoms with E-state index in [9.17, 15) is 9.59 Å². The second-order valence-corrected chi connectivity index (χ2v) is 4.74. The Morgan fingerprint density at radius 3 is 2.40 bits per heavy atom. The van der Waals surface area contributed by atoms with E-state index in [-0.39, 0.29) is 12.4 Å². The zero-order valence-electron chi connectivity index (χ0n) is 11.7. The van der Waals surface area contributed by atoms with E-state index in [0.717, 1.165) is 11.1 Å². The third kappa shape index (κ3) is 3.15. The molecule has 0 fully saturated rings. The van der Waals surface area contributed by atoms with Crippen molar-refractivity contribution in [3.05, 3.63) is 68.8 Å². The number of aryl methyl sites for hydroxylation is 3. The summed E-state index contributed by atoms with van der Waals surface area (Å²) in [5.41, 5.74) is 2.48. The zero-order chi connectivity index (χ0) is 14.7. The van der Waals surface area contributed by atoms with Crippen LogP contribution in [0.5, 0.6) is 0 Å². The summed E-state index contributed by atoms with van der Waals surface area (Å²) >= 11 is 0. The zero-order valence-corrected chi connectivity index (χ0v) is 11.7. The predicted octanol–water partition coefficient (Wildman–Crippen LogP) is 2.92. The van der Waals surface area contributed by atoms with Gasteiger partial charge >= 0.3 is 11.6 Å². The molecule has 0 saturated carbocycles. The number of carbonyl (C=O) groups is 1. The van der Waals surface area contributed by atoms with Gasteiger partial charge in [0, 0.05) is 6.07 Å². The van der Waals surface area contributed by atoms with Crippen LogP contribution in [0.15, 0.2) is 39.5 Å². The normalized spacial score (nSPS) is 10.3. The van der Waals surface area contributed by atoms with E-state index in [1.807, 2.05) is 31.2 Å². The van der Waals surface area contributed by atoms with Crippen molar-refractivity contribution in [3.63, 3.8) is 0 Å². The van der Waals surface area contributed by atoms with Crippen molar-refractivity contribution in [1.29, 1.82) is 0 Å². The third-order valence-corrected chi connectivity index (χ3v) is 3.03. The molecule has 1 heterocycles. The molecule has 0 aliphatic heterocycles. The molecule has 0 spiro atoms. The second-order valence-electron chi connectivity index (χ2n) is 4.74. The molecule has 2 aromatic rings. The number of hydrogen-bond donors (Lipinski definition) is 0. The lowest BCUT2D eigenvalue weighted by molar-refractivity contribution is 0.0467. The molecule has 2 rings (SSSR count). The molecule has 0 bridgehead atoms. The summed E-state index contributed by atoms with van der Waals surface area (Å²) in [6.45, 7) is 5.45. The van der Waals surface area contributed by atoms with Crippen molar-refractivity contribution >= 4 is 5.97 Å². The Morgan fingerprint density at radius 2 is 1.80 bits per heavy atom. The highest BCUT2D eigenvalue weighted by atomic mass is 16.5. The van der Waals surface area contributed by atoms with Crippen LogP contribution in [0.2, 0.25) is 0 Å². The molecular formula is C16H16O4. The fourth-order valence-corrected chi connectivity index (χ4v) is 1.97. The highest BCUT2D eigenvalue weighted by molar-refractivity contribution is 5.91. The standard InChI is InChI=1S/C16H16O4/c1-10-4-6-13(7-5-10)9-19-16(18)15-11(2)8-14(17)20-12(15)3/h4-8H,9H2,1-3H3. The topological polar surface area (TPSA) is 56.5 Å². The third-order valence-electron chi connectivity index (χ3n) is 3.03. The number of ether oxygens (including phenoxy) is 1. The van der Waals surface area contributed by atoms with Crippen molar-refractivity contribution in [2.75, 3.05) is 0 Å². The molecule has 0 unspecified atom stereocenters. The summed E-state index contributed by atoms with van der Waals surface area (Å²) in [6.07, 6.45) is 0. The summed E-state index contributed by atoms with van der Waals surface area (Å²) in [7, 11) is 0. The van der Waals surface area contributed by atoms with Gasteiger partial charge in [0.1, 0.15) is 17.9 Å². The summed E-state index contributed by atoms with van der Waals surface area (Å²) in [5.74, 6) is -0.201. The van der Waals surface area contributed by atoms with Crippen LogP contribution < -0.4 is 5.63 Å². The molecule has 0 amide bonds. The maximum atomic E-state index is 12.1. The smallest absolute Gasteiger partial charge is 0.342 e. The first kappa shape index (κ1) is 14.1. The lowest BCUT2D eigenvalue weighted by Crippen LogP contribution is -2.12. The van der Waals surface area contributed by atoms with Gasteiger partial charge < -0.3 is 9.15 Å². The van der Waals surface area contributed by atoms with Gasteiger partial charge in [0.2, 0.25) is 0 Å². The molecule has 0 atom stereocenters. The van der Waals surface area contributed by atoms with E-state index in [2.05, 4.69) is 0 Å². The van der Waals surface area contributed by atoms with Crippen molar-refractivity contribution in [3.8, 4) is 0 Å². The Balaban J connectivity index is 2.13. The number of rotatable bonds is 3. The lowest BCUT2D eigenvalue weighted by atomic mass is 10.1. The molecule has 20 heavy (non-hydrogen) atoms. The van der Waals surface area contributed by atoms with Crippen molar-refractivity contribution in [2.45, 2.75) is 27.4 Å². The first-order valence-corrected chi connectivity index (χ1v) is 6.31.